The Kier molecular flexibility index (Phi) is 3.39. The van der Waals surface area contributed by atoms with E-state index in [1.807, 2.05) is 24.3 Å². The molecule has 1 heterocycles. The lowest BCUT2D eigenvalue weighted by atomic mass is 10.2. The van der Waals surface area contributed by atoms with Crippen LogP contribution in [0.2, 0.25) is 0 Å². The average molecular weight is 248 g/mol. The largest absolute Gasteiger partial charge is 0.508 e. The third kappa shape index (κ3) is 3.04. The van der Waals surface area contributed by atoms with Gasteiger partial charge < -0.3 is 15.3 Å². The van der Waals surface area contributed by atoms with Crippen molar-refractivity contribution in [3.8, 4) is 5.75 Å². The number of carbonyl (C=O) groups is 1. The van der Waals surface area contributed by atoms with Gasteiger partial charge >= 0.3 is 0 Å². The number of amides is 1. The van der Waals surface area contributed by atoms with Crippen LogP contribution in [0.15, 0.2) is 30.3 Å². The van der Waals surface area contributed by atoms with Crippen LogP contribution >= 0.6 is 12.2 Å². The predicted molar refractivity (Wildman–Crippen MR) is 69.5 cm³/mol. The monoisotopic (exact) mass is 248 g/mol. The lowest BCUT2D eigenvalue weighted by Gasteiger charge is -2.11. The van der Waals surface area contributed by atoms with E-state index in [0.717, 1.165) is 5.56 Å². The van der Waals surface area contributed by atoms with Crippen molar-refractivity contribution in [3.63, 3.8) is 0 Å². The molecule has 4 nitrogen and oxygen atoms in total. The molecule has 88 valence electrons. The molecule has 1 saturated heterocycles. The third-order valence-electron chi connectivity index (χ3n) is 2.40. The van der Waals surface area contributed by atoms with E-state index in [9.17, 15) is 4.79 Å². The van der Waals surface area contributed by atoms with E-state index in [1.165, 1.54) is 0 Å². The van der Waals surface area contributed by atoms with E-state index in [0.29, 0.717) is 18.2 Å². The zero-order valence-electron chi connectivity index (χ0n) is 9.09. The summed E-state index contributed by atoms with van der Waals surface area (Å²) in [5, 5.41) is 12.2. The number of thiocarbonyl (C=S) groups is 1. The highest BCUT2D eigenvalue weighted by atomic mass is 32.1. The van der Waals surface area contributed by atoms with Crippen LogP contribution in [0.5, 0.6) is 5.75 Å². The van der Waals surface area contributed by atoms with Crippen molar-refractivity contribution in [2.75, 3.05) is 13.1 Å². The molecule has 0 aliphatic carbocycles. The van der Waals surface area contributed by atoms with Crippen molar-refractivity contribution >= 4 is 29.3 Å². The summed E-state index contributed by atoms with van der Waals surface area (Å²) < 4.78 is 0. The van der Waals surface area contributed by atoms with Gasteiger partial charge in [0.1, 0.15) is 5.75 Å². The fourth-order valence-electron chi connectivity index (χ4n) is 1.53. The molecule has 1 aliphatic rings. The molecule has 0 unspecified atom stereocenters. The number of hydrogen-bond donors (Lipinski definition) is 2. The fraction of sp³-hybridized carbons (Fsp3) is 0.167. The average Bonchev–Trinajstić information content (AvgIpc) is 2.60. The summed E-state index contributed by atoms with van der Waals surface area (Å²) >= 11 is 4.99. The minimum Gasteiger partial charge on any atom is -0.508 e. The van der Waals surface area contributed by atoms with Gasteiger partial charge in [0.05, 0.1) is 6.54 Å². The molecule has 1 aromatic carbocycles. The zero-order chi connectivity index (χ0) is 12.3. The molecule has 0 saturated carbocycles. The summed E-state index contributed by atoms with van der Waals surface area (Å²) in [5.74, 6) is 0.186. The van der Waals surface area contributed by atoms with Gasteiger partial charge in [0.25, 0.3) is 0 Å². The minimum atomic E-state index is -0.0620. The van der Waals surface area contributed by atoms with Gasteiger partial charge in [-0.15, -0.1) is 0 Å². The number of benzene rings is 1. The van der Waals surface area contributed by atoms with Crippen LogP contribution in [-0.4, -0.2) is 34.1 Å². The van der Waals surface area contributed by atoms with Gasteiger partial charge in [-0.05, 0) is 29.9 Å². The highest BCUT2D eigenvalue weighted by Crippen LogP contribution is 2.10. The normalized spacial score (nSPS) is 15.6. The Bertz CT molecular complexity index is 468. The molecule has 2 N–H and O–H groups in total. The Morgan fingerprint density at radius 1 is 1.41 bits per heavy atom. The van der Waals surface area contributed by atoms with Crippen LogP contribution in [-0.2, 0) is 4.79 Å². The second-order valence-electron chi connectivity index (χ2n) is 3.73. The van der Waals surface area contributed by atoms with Gasteiger partial charge in [0, 0.05) is 6.54 Å². The van der Waals surface area contributed by atoms with Crippen molar-refractivity contribution in [3.05, 3.63) is 35.9 Å². The molecular formula is C12H12N2O2S. The minimum absolute atomic E-state index is 0.0620. The van der Waals surface area contributed by atoms with E-state index in [-0.39, 0.29) is 11.7 Å². The first-order chi connectivity index (χ1) is 8.15. The third-order valence-corrected chi connectivity index (χ3v) is 2.76. The number of phenolic OH excluding ortho intramolecular Hbond substituents is 1. The van der Waals surface area contributed by atoms with Gasteiger partial charge in [-0.3, -0.25) is 4.79 Å². The second kappa shape index (κ2) is 4.97. The molecular weight excluding hydrogens is 236 g/mol. The molecule has 0 spiro atoms. The number of aromatic hydroxyl groups is 1. The lowest BCUT2D eigenvalue weighted by molar-refractivity contribution is -0.118. The maximum atomic E-state index is 11.0. The summed E-state index contributed by atoms with van der Waals surface area (Å²) in [5.41, 5.74) is 0.993. The Labute approximate surface area is 105 Å². The van der Waals surface area contributed by atoms with Crippen molar-refractivity contribution in [2.45, 2.75) is 0 Å². The first-order valence-corrected chi connectivity index (χ1v) is 5.60. The van der Waals surface area contributed by atoms with Gasteiger partial charge in [0.15, 0.2) is 5.11 Å². The number of hydrogen-bond acceptors (Lipinski definition) is 3. The number of rotatable bonds is 3. The SMILES string of the molecule is O=C1CN(C/C=C/c2ccc(O)cc2)C(=S)N1. The molecule has 17 heavy (non-hydrogen) atoms. The summed E-state index contributed by atoms with van der Waals surface area (Å²) in [4.78, 5) is 12.8. The standard InChI is InChI=1S/C12H12N2O2S/c15-10-5-3-9(4-6-10)2-1-7-14-8-11(16)13-12(14)17/h1-6,15H,7-8H2,(H,13,16,17)/b2-1+. The number of nitrogens with zero attached hydrogens (tertiary/aromatic N) is 1. The molecule has 1 amide bonds. The van der Waals surface area contributed by atoms with Gasteiger partial charge in [-0.1, -0.05) is 24.3 Å². The van der Waals surface area contributed by atoms with E-state index in [1.54, 1.807) is 17.0 Å². The van der Waals surface area contributed by atoms with Crippen LogP contribution < -0.4 is 5.32 Å². The van der Waals surface area contributed by atoms with Crippen LogP contribution in [0, 0.1) is 0 Å². The van der Waals surface area contributed by atoms with Crippen LogP contribution in [0.25, 0.3) is 6.08 Å². The molecule has 1 fully saturated rings. The van der Waals surface area contributed by atoms with Crippen molar-refractivity contribution < 1.29 is 9.90 Å². The van der Waals surface area contributed by atoms with E-state index in [2.05, 4.69) is 5.32 Å². The van der Waals surface area contributed by atoms with Crippen LogP contribution in [0.1, 0.15) is 5.56 Å². The Morgan fingerprint density at radius 2 is 2.12 bits per heavy atom. The zero-order valence-corrected chi connectivity index (χ0v) is 9.91. The molecule has 0 radical (unpaired) electrons. The van der Waals surface area contributed by atoms with E-state index >= 15 is 0 Å². The number of carbonyl (C=O) groups excluding carboxylic acids is 1. The van der Waals surface area contributed by atoms with Gasteiger partial charge in [0.2, 0.25) is 5.91 Å². The maximum Gasteiger partial charge on any atom is 0.245 e. The predicted octanol–water partition coefficient (Wildman–Crippen LogP) is 1.12. The number of phenols is 1. The summed E-state index contributed by atoms with van der Waals surface area (Å²) in [6.45, 7) is 0.914. The molecule has 1 aliphatic heterocycles. The fourth-order valence-corrected chi connectivity index (χ4v) is 1.78. The molecule has 0 aromatic heterocycles. The summed E-state index contributed by atoms with van der Waals surface area (Å²) in [7, 11) is 0. The highest BCUT2D eigenvalue weighted by Gasteiger charge is 2.21. The number of nitrogens with one attached hydrogen (secondary N) is 1. The molecule has 0 bridgehead atoms. The molecule has 5 heteroatoms. The Hall–Kier alpha value is -1.88. The van der Waals surface area contributed by atoms with Crippen molar-refractivity contribution in [2.24, 2.45) is 0 Å². The Morgan fingerprint density at radius 3 is 2.71 bits per heavy atom. The maximum absolute atomic E-state index is 11.0. The molecule has 2 rings (SSSR count). The van der Waals surface area contributed by atoms with E-state index < -0.39 is 0 Å². The second-order valence-corrected chi connectivity index (χ2v) is 4.11. The van der Waals surface area contributed by atoms with Crippen molar-refractivity contribution in [1.82, 2.24) is 10.2 Å². The lowest BCUT2D eigenvalue weighted by Crippen LogP contribution is -2.27. The van der Waals surface area contributed by atoms with Crippen LogP contribution in [0.4, 0.5) is 0 Å². The smallest absolute Gasteiger partial charge is 0.245 e. The Balaban J connectivity index is 1.92. The first kappa shape index (κ1) is 11.6. The quantitative estimate of drug-likeness (QED) is 0.787. The highest BCUT2D eigenvalue weighted by molar-refractivity contribution is 7.80. The van der Waals surface area contributed by atoms with Gasteiger partial charge in [-0.2, -0.15) is 0 Å². The first-order valence-electron chi connectivity index (χ1n) is 5.19. The van der Waals surface area contributed by atoms with E-state index in [4.69, 9.17) is 17.3 Å². The van der Waals surface area contributed by atoms with Crippen LogP contribution in [0.3, 0.4) is 0 Å². The summed E-state index contributed by atoms with van der Waals surface area (Å²) in [6, 6.07) is 6.89. The summed E-state index contributed by atoms with van der Waals surface area (Å²) in [6.07, 6.45) is 3.85. The molecule has 1 aromatic rings. The van der Waals surface area contributed by atoms with Crippen molar-refractivity contribution in [1.29, 1.82) is 0 Å². The van der Waals surface area contributed by atoms with Gasteiger partial charge in [-0.25, -0.2) is 0 Å². The molecule has 0 atom stereocenters. The topological polar surface area (TPSA) is 52.6 Å².